The first-order valence-electron chi connectivity index (χ1n) is 10.7. The lowest BCUT2D eigenvalue weighted by atomic mass is 9.96. The van der Waals surface area contributed by atoms with E-state index < -0.39 is 5.91 Å². The topological polar surface area (TPSA) is 112 Å². The highest BCUT2D eigenvalue weighted by molar-refractivity contribution is 5.90. The average molecular weight is 437 g/mol. The molecule has 2 N–H and O–H groups in total. The summed E-state index contributed by atoms with van der Waals surface area (Å²) in [5.74, 6) is -0.123. The second-order valence-corrected chi connectivity index (χ2v) is 8.44. The molecule has 2 aromatic rings. The Morgan fingerprint density at radius 2 is 2.00 bits per heavy atom. The molecule has 0 atom stereocenters. The van der Waals surface area contributed by atoms with Gasteiger partial charge in [-0.2, -0.15) is 0 Å². The molecule has 2 heterocycles. The molecule has 168 valence electrons. The van der Waals surface area contributed by atoms with Crippen molar-refractivity contribution in [3.8, 4) is 0 Å². The third-order valence-electron chi connectivity index (χ3n) is 5.40. The molecule has 0 saturated carbocycles. The van der Waals surface area contributed by atoms with Crippen LogP contribution in [0.2, 0.25) is 0 Å². The summed E-state index contributed by atoms with van der Waals surface area (Å²) in [6.07, 6.45) is 2.80. The van der Waals surface area contributed by atoms with E-state index in [0.717, 1.165) is 23.8 Å². The molecule has 32 heavy (non-hydrogen) atoms. The summed E-state index contributed by atoms with van der Waals surface area (Å²) < 4.78 is 0. The summed E-state index contributed by atoms with van der Waals surface area (Å²) >= 11 is 0. The number of amides is 1. The zero-order chi connectivity index (χ0) is 23.3. The fourth-order valence-corrected chi connectivity index (χ4v) is 3.81. The number of carbonyl (C=O) groups is 3. The summed E-state index contributed by atoms with van der Waals surface area (Å²) in [6, 6.07) is 7.38. The second-order valence-electron chi connectivity index (χ2n) is 8.44. The van der Waals surface area contributed by atoms with Gasteiger partial charge in [0.2, 0.25) is 0 Å². The van der Waals surface area contributed by atoms with E-state index in [1.54, 1.807) is 6.92 Å². The molecule has 1 aromatic heterocycles. The predicted molar refractivity (Wildman–Crippen MR) is 120 cm³/mol. The van der Waals surface area contributed by atoms with E-state index in [-0.39, 0.29) is 17.9 Å². The highest BCUT2D eigenvalue weighted by Gasteiger charge is 2.20. The molecule has 1 amide bonds. The van der Waals surface area contributed by atoms with E-state index in [1.807, 2.05) is 36.9 Å². The molecule has 8 nitrogen and oxygen atoms in total. The molecule has 0 saturated heterocycles. The Morgan fingerprint density at radius 1 is 1.22 bits per heavy atom. The van der Waals surface area contributed by atoms with Gasteiger partial charge in [-0.1, -0.05) is 32.0 Å². The monoisotopic (exact) mass is 436 g/mol. The van der Waals surface area contributed by atoms with Crippen molar-refractivity contribution in [2.24, 2.45) is 5.92 Å². The van der Waals surface area contributed by atoms with E-state index in [2.05, 4.69) is 15.3 Å². The van der Waals surface area contributed by atoms with Gasteiger partial charge in [0.05, 0.1) is 5.70 Å². The van der Waals surface area contributed by atoms with Gasteiger partial charge in [0.25, 0.3) is 11.5 Å². The van der Waals surface area contributed by atoms with Gasteiger partial charge >= 0.3 is 0 Å². The first-order valence-corrected chi connectivity index (χ1v) is 10.7. The molecule has 0 spiro atoms. The lowest BCUT2D eigenvalue weighted by molar-refractivity contribution is -0.108. The molecule has 0 unspecified atom stereocenters. The van der Waals surface area contributed by atoms with E-state index in [1.165, 1.54) is 11.6 Å². The van der Waals surface area contributed by atoms with Crippen molar-refractivity contribution in [3.63, 3.8) is 0 Å². The SMILES string of the molecule is C/C(C=O)=C(/C=O)N1CCc2ccc(CNC(=O)c3nc(CC(C)C)cc(=O)[nH]3)cc2C1. The number of hydrogen-bond acceptors (Lipinski definition) is 6. The minimum atomic E-state index is -0.445. The molecule has 0 fully saturated rings. The zero-order valence-electron chi connectivity index (χ0n) is 18.6. The first kappa shape index (κ1) is 23.1. The largest absolute Gasteiger partial charge is 0.364 e. The number of nitrogens with zero attached hydrogens (tertiary/aromatic N) is 2. The Bertz CT molecular complexity index is 1120. The van der Waals surface area contributed by atoms with Crippen molar-refractivity contribution in [1.82, 2.24) is 20.2 Å². The van der Waals surface area contributed by atoms with Crippen LogP contribution in [-0.4, -0.2) is 39.9 Å². The Hall–Kier alpha value is -3.55. The zero-order valence-corrected chi connectivity index (χ0v) is 18.6. The Morgan fingerprint density at radius 3 is 2.69 bits per heavy atom. The number of aldehydes is 2. The van der Waals surface area contributed by atoms with Crippen LogP contribution in [0.5, 0.6) is 0 Å². The Labute approximate surface area is 186 Å². The number of fused-ring (bicyclic) bond motifs is 1. The van der Waals surface area contributed by atoms with Crippen molar-refractivity contribution in [2.45, 2.75) is 46.7 Å². The maximum absolute atomic E-state index is 12.6. The second kappa shape index (κ2) is 10.2. The van der Waals surface area contributed by atoms with E-state index in [0.29, 0.717) is 48.7 Å². The van der Waals surface area contributed by atoms with Gasteiger partial charge in [-0.05, 0) is 42.4 Å². The van der Waals surface area contributed by atoms with Gasteiger partial charge < -0.3 is 15.2 Å². The van der Waals surface area contributed by atoms with Crippen molar-refractivity contribution in [3.05, 3.63) is 74.1 Å². The van der Waals surface area contributed by atoms with Gasteiger partial charge in [-0.3, -0.25) is 19.2 Å². The number of aromatic nitrogens is 2. The van der Waals surface area contributed by atoms with Gasteiger partial charge in [0, 0.05) is 37.0 Å². The van der Waals surface area contributed by atoms with Gasteiger partial charge in [-0.25, -0.2) is 4.98 Å². The highest BCUT2D eigenvalue weighted by atomic mass is 16.2. The van der Waals surface area contributed by atoms with E-state index in [9.17, 15) is 19.2 Å². The van der Waals surface area contributed by atoms with Gasteiger partial charge in [0.1, 0.15) is 6.29 Å². The van der Waals surface area contributed by atoms with Gasteiger partial charge in [-0.15, -0.1) is 0 Å². The number of carbonyl (C=O) groups excluding carboxylic acids is 3. The van der Waals surface area contributed by atoms with Crippen molar-refractivity contribution < 1.29 is 14.4 Å². The van der Waals surface area contributed by atoms with Crippen LogP contribution in [-0.2, 0) is 35.5 Å². The van der Waals surface area contributed by atoms with Crippen molar-refractivity contribution in [1.29, 1.82) is 0 Å². The number of nitrogens with one attached hydrogen (secondary N) is 2. The minimum Gasteiger partial charge on any atom is -0.364 e. The Balaban J connectivity index is 1.71. The summed E-state index contributed by atoms with van der Waals surface area (Å²) in [4.78, 5) is 55.7. The maximum atomic E-state index is 12.6. The number of aromatic amines is 1. The molecule has 1 aromatic carbocycles. The predicted octanol–water partition coefficient (Wildman–Crippen LogP) is 1.93. The fraction of sp³-hybridized carbons (Fsp3) is 0.375. The first-order chi connectivity index (χ1) is 15.3. The highest BCUT2D eigenvalue weighted by Crippen LogP contribution is 2.23. The van der Waals surface area contributed by atoms with Crippen LogP contribution < -0.4 is 10.9 Å². The third-order valence-corrected chi connectivity index (χ3v) is 5.40. The minimum absolute atomic E-state index is 0.00221. The molecule has 0 aliphatic carbocycles. The molecule has 0 bridgehead atoms. The van der Waals surface area contributed by atoms with Crippen molar-refractivity contribution in [2.75, 3.05) is 6.54 Å². The molecule has 8 heteroatoms. The standard InChI is InChI=1S/C24H28N4O4/c1-15(2)8-20-10-22(31)27-23(26-20)24(32)25-11-17-4-5-18-6-7-28(12-19(18)9-17)21(14-30)16(3)13-29/h4-5,9-10,13-15H,6-8,11-12H2,1-3H3,(H,25,32)(H,26,27,31)/b21-16+. The lowest BCUT2D eigenvalue weighted by Crippen LogP contribution is -2.32. The van der Waals surface area contributed by atoms with Gasteiger partial charge in [0.15, 0.2) is 12.1 Å². The van der Waals surface area contributed by atoms with Crippen LogP contribution in [0.15, 0.2) is 40.3 Å². The van der Waals surface area contributed by atoms with Crippen LogP contribution >= 0.6 is 0 Å². The smallest absolute Gasteiger partial charge is 0.287 e. The molecule has 0 radical (unpaired) electrons. The summed E-state index contributed by atoms with van der Waals surface area (Å²) in [7, 11) is 0. The quantitative estimate of drug-likeness (QED) is 0.483. The molecule has 1 aliphatic heterocycles. The van der Waals surface area contributed by atoms with E-state index in [4.69, 9.17) is 0 Å². The number of allylic oxidation sites excluding steroid dienone is 2. The van der Waals surface area contributed by atoms with Crippen LogP contribution in [0, 0.1) is 5.92 Å². The van der Waals surface area contributed by atoms with Crippen LogP contribution in [0.3, 0.4) is 0 Å². The molecule has 1 aliphatic rings. The van der Waals surface area contributed by atoms with Crippen LogP contribution in [0.4, 0.5) is 0 Å². The van der Waals surface area contributed by atoms with Crippen LogP contribution in [0.25, 0.3) is 0 Å². The Kier molecular flexibility index (Phi) is 7.35. The maximum Gasteiger partial charge on any atom is 0.287 e. The molecule has 3 rings (SSSR count). The average Bonchev–Trinajstić information content (AvgIpc) is 2.76. The fourth-order valence-electron chi connectivity index (χ4n) is 3.81. The summed E-state index contributed by atoms with van der Waals surface area (Å²) in [5.41, 5.74) is 4.17. The summed E-state index contributed by atoms with van der Waals surface area (Å²) in [6.45, 7) is 7.12. The third kappa shape index (κ3) is 5.57. The van der Waals surface area contributed by atoms with Crippen molar-refractivity contribution >= 4 is 18.5 Å². The number of hydrogen-bond donors (Lipinski definition) is 2. The number of benzene rings is 1. The lowest BCUT2D eigenvalue weighted by Gasteiger charge is -2.31. The molecular formula is C24H28N4O4. The number of rotatable bonds is 8. The number of H-pyrrole nitrogens is 1. The molecular weight excluding hydrogens is 408 g/mol. The van der Waals surface area contributed by atoms with Crippen LogP contribution in [0.1, 0.15) is 53.8 Å². The van der Waals surface area contributed by atoms with E-state index >= 15 is 0 Å². The summed E-state index contributed by atoms with van der Waals surface area (Å²) in [5, 5.41) is 2.81. The normalized spacial score (nSPS) is 13.9.